The molecule has 2 aromatic rings. The summed E-state index contributed by atoms with van der Waals surface area (Å²) in [5.41, 5.74) is 5.80. The molecule has 1 aliphatic rings. The standard InChI is InChI=1S/C17H16O/c1-2-12-3-5-13(6-4-12)15-8-7-14-9-10-17(18)16(14)11-15/h3-8,11H,2,9-10H2,1H3. The van der Waals surface area contributed by atoms with E-state index in [2.05, 4.69) is 43.3 Å². The second-order valence-electron chi connectivity index (χ2n) is 4.85. The maximum absolute atomic E-state index is 11.7. The number of hydrogen-bond donors (Lipinski definition) is 0. The lowest BCUT2D eigenvalue weighted by molar-refractivity contribution is 0.0994. The van der Waals surface area contributed by atoms with E-state index in [4.69, 9.17) is 0 Å². The van der Waals surface area contributed by atoms with Crippen molar-refractivity contribution in [2.24, 2.45) is 0 Å². The molecule has 2 aromatic carbocycles. The highest BCUT2D eigenvalue weighted by Crippen LogP contribution is 2.28. The number of carbonyl (C=O) groups excluding carboxylic acids is 1. The van der Waals surface area contributed by atoms with Crippen LogP contribution >= 0.6 is 0 Å². The lowest BCUT2D eigenvalue weighted by Crippen LogP contribution is -1.91. The number of fused-ring (bicyclic) bond motifs is 1. The molecule has 0 atom stereocenters. The molecule has 0 N–H and O–H groups in total. The van der Waals surface area contributed by atoms with Crippen LogP contribution in [0.3, 0.4) is 0 Å². The Hall–Kier alpha value is -1.89. The summed E-state index contributed by atoms with van der Waals surface area (Å²) >= 11 is 0. The average Bonchev–Trinajstić information content (AvgIpc) is 2.80. The van der Waals surface area contributed by atoms with Crippen molar-refractivity contribution in [1.82, 2.24) is 0 Å². The molecule has 0 heterocycles. The van der Waals surface area contributed by atoms with Gasteiger partial charge in [0.25, 0.3) is 0 Å². The molecule has 0 saturated carbocycles. The second-order valence-corrected chi connectivity index (χ2v) is 4.85. The Morgan fingerprint density at radius 2 is 1.67 bits per heavy atom. The highest BCUT2D eigenvalue weighted by atomic mass is 16.1. The summed E-state index contributed by atoms with van der Waals surface area (Å²) in [6, 6.07) is 14.9. The number of aryl methyl sites for hydroxylation is 2. The third kappa shape index (κ3) is 1.86. The molecule has 0 fully saturated rings. The van der Waals surface area contributed by atoms with Gasteiger partial charge in [-0.05, 0) is 41.2 Å². The summed E-state index contributed by atoms with van der Waals surface area (Å²) < 4.78 is 0. The summed E-state index contributed by atoms with van der Waals surface area (Å²) in [7, 11) is 0. The van der Waals surface area contributed by atoms with Gasteiger partial charge in [0, 0.05) is 12.0 Å². The minimum atomic E-state index is 0.289. The van der Waals surface area contributed by atoms with Crippen LogP contribution in [0.15, 0.2) is 42.5 Å². The number of Topliss-reactive ketones (excluding diaryl/α,β-unsaturated/α-hetero) is 1. The maximum atomic E-state index is 11.7. The van der Waals surface area contributed by atoms with Gasteiger partial charge in [-0.15, -0.1) is 0 Å². The zero-order valence-electron chi connectivity index (χ0n) is 10.6. The first kappa shape index (κ1) is 11.2. The monoisotopic (exact) mass is 236 g/mol. The average molecular weight is 236 g/mol. The first-order valence-electron chi connectivity index (χ1n) is 6.53. The molecule has 0 amide bonds. The van der Waals surface area contributed by atoms with Gasteiger partial charge in [-0.2, -0.15) is 0 Å². The van der Waals surface area contributed by atoms with Crippen molar-refractivity contribution in [3.8, 4) is 11.1 Å². The molecule has 3 rings (SSSR count). The minimum absolute atomic E-state index is 0.289. The van der Waals surface area contributed by atoms with Gasteiger partial charge in [-0.25, -0.2) is 0 Å². The third-order valence-electron chi connectivity index (χ3n) is 3.73. The van der Waals surface area contributed by atoms with Crippen LogP contribution in [0.5, 0.6) is 0 Å². The Balaban J connectivity index is 2.01. The summed E-state index contributed by atoms with van der Waals surface area (Å²) in [6.07, 6.45) is 2.64. The Kier molecular flexibility index (Phi) is 2.75. The highest BCUT2D eigenvalue weighted by molar-refractivity contribution is 6.01. The van der Waals surface area contributed by atoms with E-state index in [9.17, 15) is 4.79 Å². The van der Waals surface area contributed by atoms with Crippen molar-refractivity contribution in [1.29, 1.82) is 0 Å². The molecule has 1 heteroatoms. The summed E-state index contributed by atoms with van der Waals surface area (Å²) in [6.45, 7) is 2.16. The van der Waals surface area contributed by atoms with Crippen LogP contribution in [0.2, 0.25) is 0 Å². The molecule has 0 saturated heterocycles. The van der Waals surface area contributed by atoms with Crippen LogP contribution in [0.4, 0.5) is 0 Å². The predicted molar refractivity (Wildman–Crippen MR) is 73.9 cm³/mol. The zero-order chi connectivity index (χ0) is 12.5. The number of rotatable bonds is 2. The van der Waals surface area contributed by atoms with Gasteiger partial charge < -0.3 is 0 Å². The van der Waals surface area contributed by atoms with Crippen molar-refractivity contribution in [3.63, 3.8) is 0 Å². The molecule has 0 bridgehead atoms. The Morgan fingerprint density at radius 3 is 2.39 bits per heavy atom. The lowest BCUT2D eigenvalue weighted by atomic mass is 9.99. The third-order valence-corrected chi connectivity index (χ3v) is 3.73. The van der Waals surface area contributed by atoms with E-state index in [-0.39, 0.29) is 5.78 Å². The minimum Gasteiger partial charge on any atom is -0.294 e. The van der Waals surface area contributed by atoms with Gasteiger partial charge in [0.05, 0.1) is 0 Å². The van der Waals surface area contributed by atoms with E-state index in [0.29, 0.717) is 6.42 Å². The van der Waals surface area contributed by atoms with Gasteiger partial charge in [0.15, 0.2) is 5.78 Å². The summed E-state index contributed by atoms with van der Waals surface area (Å²) in [4.78, 5) is 11.7. The number of hydrogen-bond acceptors (Lipinski definition) is 1. The van der Waals surface area contributed by atoms with E-state index in [1.54, 1.807) is 0 Å². The first-order chi connectivity index (χ1) is 8.78. The van der Waals surface area contributed by atoms with E-state index in [0.717, 1.165) is 24.0 Å². The van der Waals surface area contributed by atoms with Gasteiger partial charge in [0.1, 0.15) is 0 Å². The Morgan fingerprint density at radius 1 is 0.944 bits per heavy atom. The second kappa shape index (κ2) is 4.41. The van der Waals surface area contributed by atoms with Crippen LogP contribution in [0.25, 0.3) is 11.1 Å². The van der Waals surface area contributed by atoms with Crippen LogP contribution in [-0.2, 0) is 12.8 Å². The van der Waals surface area contributed by atoms with Crippen molar-refractivity contribution in [2.45, 2.75) is 26.2 Å². The Labute approximate surface area is 107 Å². The fraction of sp³-hybridized carbons (Fsp3) is 0.235. The fourth-order valence-corrected chi connectivity index (χ4v) is 2.55. The van der Waals surface area contributed by atoms with Crippen LogP contribution < -0.4 is 0 Å². The highest BCUT2D eigenvalue weighted by Gasteiger charge is 2.19. The number of benzene rings is 2. The normalized spacial score (nSPS) is 13.7. The maximum Gasteiger partial charge on any atom is 0.163 e. The topological polar surface area (TPSA) is 17.1 Å². The van der Waals surface area contributed by atoms with E-state index in [1.807, 2.05) is 6.07 Å². The Bertz CT molecular complexity index is 594. The van der Waals surface area contributed by atoms with E-state index >= 15 is 0 Å². The molecule has 0 unspecified atom stereocenters. The largest absolute Gasteiger partial charge is 0.294 e. The number of ketones is 1. The molecular weight excluding hydrogens is 220 g/mol. The smallest absolute Gasteiger partial charge is 0.163 e. The molecule has 90 valence electrons. The molecule has 0 aromatic heterocycles. The van der Waals surface area contributed by atoms with E-state index < -0.39 is 0 Å². The SMILES string of the molecule is CCc1ccc(-c2ccc3c(c2)C(=O)CC3)cc1. The summed E-state index contributed by atoms with van der Waals surface area (Å²) in [5.74, 6) is 0.289. The van der Waals surface area contributed by atoms with Crippen molar-refractivity contribution in [3.05, 3.63) is 59.2 Å². The molecule has 0 aliphatic heterocycles. The van der Waals surface area contributed by atoms with Crippen molar-refractivity contribution < 1.29 is 4.79 Å². The number of carbonyl (C=O) groups is 1. The van der Waals surface area contributed by atoms with Crippen molar-refractivity contribution >= 4 is 5.78 Å². The van der Waals surface area contributed by atoms with Crippen LogP contribution in [0.1, 0.15) is 34.8 Å². The van der Waals surface area contributed by atoms with Gasteiger partial charge in [-0.3, -0.25) is 4.79 Å². The van der Waals surface area contributed by atoms with Crippen molar-refractivity contribution in [2.75, 3.05) is 0 Å². The fourth-order valence-electron chi connectivity index (χ4n) is 2.55. The van der Waals surface area contributed by atoms with Crippen LogP contribution in [-0.4, -0.2) is 5.78 Å². The quantitative estimate of drug-likeness (QED) is 0.769. The van der Waals surface area contributed by atoms with Gasteiger partial charge >= 0.3 is 0 Å². The van der Waals surface area contributed by atoms with Gasteiger partial charge in [-0.1, -0.05) is 43.3 Å². The molecule has 0 spiro atoms. The molecule has 1 aliphatic carbocycles. The first-order valence-corrected chi connectivity index (χ1v) is 6.53. The van der Waals surface area contributed by atoms with E-state index in [1.165, 1.54) is 16.7 Å². The molecule has 18 heavy (non-hydrogen) atoms. The van der Waals surface area contributed by atoms with Crippen LogP contribution in [0, 0.1) is 0 Å². The molecular formula is C17H16O. The summed E-state index contributed by atoms with van der Waals surface area (Å²) in [5, 5.41) is 0. The predicted octanol–water partition coefficient (Wildman–Crippen LogP) is 4.04. The molecule has 1 nitrogen and oxygen atoms in total. The molecule has 0 radical (unpaired) electrons. The zero-order valence-corrected chi connectivity index (χ0v) is 10.6. The van der Waals surface area contributed by atoms with Gasteiger partial charge in [0.2, 0.25) is 0 Å². The lowest BCUT2D eigenvalue weighted by Gasteiger charge is -2.05.